The molecule has 1 amide bonds. The Kier molecular flexibility index (Phi) is 3.99. The van der Waals surface area contributed by atoms with Crippen molar-refractivity contribution in [2.45, 2.75) is 6.42 Å². The first-order valence-corrected chi connectivity index (χ1v) is 4.73. The Balaban J connectivity index is 3.16. The van der Waals surface area contributed by atoms with Crippen LogP contribution in [0, 0.1) is 11.3 Å². The van der Waals surface area contributed by atoms with Crippen molar-refractivity contribution in [3.63, 3.8) is 0 Å². The van der Waals surface area contributed by atoms with Gasteiger partial charge in [-0.3, -0.25) is 4.79 Å². The van der Waals surface area contributed by atoms with Gasteiger partial charge in [0, 0.05) is 0 Å². The molecule has 0 fully saturated rings. The zero-order valence-electron chi connectivity index (χ0n) is 9.01. The highest BCUT2D eigenvalue weighted by molar-refractivity contribution is 6.02. The van der Waals surface area contributed by atoms with Gasteiger partial charge >= 0.3 is 11.9 Å². The summed E-state index contributed by atoms with van der Waals surface area (Å²) in [5.74, 6) is -3.26. The van der Waals surface area contributed by atoms with Crippen LogP contribution in [0.15, 0.2) is 18.2 Å². The molecule has 0 aromatic heterocycles. The number of carbonyl (C=O) groups is 3. The first-order valence-electron chi connectivity index (χ1n) is 4.73. The van der Waals surface area contributed by atoms with Gasteiger partial charge in [-0.25, -0.2) is 9.59 Å². The third-order valence-corrected chi connectivity index (χ3v) is 2.01. The van der Waals surface area contributed by atoms with E-state index in [4.69, 9.17) is 15.5 Å². The number of aromatic carboxylic acids is 2. The summed E-state index contributed by atoms with van der Waals surface area (Å²) in [6.07, 6.45) is -0.448. The minimum Gasteiger partial charge on any atom is -0.478 e. The van der Waals surface area contributed by atoms with Gasteiger partial charge in [0.2, 0.25) is 5.91 Å². The molecule has 1 aromatic carbocycles. The van der Waals surface area contributed by atoms with E-state index in [1.54, 1.807) is 6.07 Å². The first-order chi connectivity index (χ1) is 8.45. The number of carboxylic acids is 2. The highest BCUT2D eigenvalue weighted by Gasteiger charge is 2.15. The van der Waals surface area contributed by atoms with Crippen molar-refractivity contribution in [3.05, 3.63) is 29.3 Å². The van der Waals surface area contributed by atoms with E-state index < -0.39 is 24.3 Å². The fourth-order valence-corrected chi connectivity index (χ4v) is 1.23. The van der Waals surface area contributed by atoms with E-state index in [0.717, 1.165) is 18.2 Å². The summed E-state index contributed by atoms with van der Waals surface area (Å²) >= 11 is 0. The maximum atomic E-state index is 11.2. The number of amides is 1. The minimum atomic E-state index is -1.31. The van der Waals surface area contributed by atoms with Crippen LogP contribution in [0.3, 0.4) is 0 Å². The van der Waals surface area contributed by atoms with Crippen molar-refractivity contribution >= 4 is 23.5 Å². The average Bonchev–Trinajstić information content (AvgIpc) is 2.28. The number of nitrogens with one attached hydrogen (secondary N) is 1. The first kappa shape index (κ1) is 13.2. The van der Waals surface area contributed by atoms with Gasteiger partial charge in [-0.2, -0.15) is 5.26 Å². The normalized spacial score (nSPS) is 9.28. The quantitative estimate of drug-likeness (QED) is 0.727. The number of hydrogen-bond acceptors (Lipinski definition) is 4. The van der Waals surface area contributed by atoms with Crippen molar-refractivity contribution in [1.29, 1.82) is 5.26 Å². The van der Waals surface area contributed by atoms with Crippen LogP contribution in [-0.4, -0.2) is 28.1 Å². The molecule has 0 aliphatic carbocycles. The van der Waals surface area contributed by atoms with Crippen LogP contribution in [0.4, 0.5) is 5.69 Å². The molecule has 0 atom stereocenters. The van der Waals surface area contributed by atoms with Gasteiger partial charge in [-0.1, -0.05) is 0 Å². The van der Waals surface area contributed by atoms with Gasteiger partial charge in [0.1, 0.15) is 6.42 Å². The van der Waals surface area contributed by atoms with E-state index in [1.807, 2.05) is 0 Å². The Bertz CT molecular complexity index is 559. The SMILES string of the molecule is N#CCC(=O)Nc1cc(C(=O)O)ccc1C(=O)O. The van der Waals surface area contributed by atoms with Crippen molar-refractivity contribution in [1.82, 2.24) is 0 Å². The average molecular weight is 248 g/mol. The van der Waals surface area contributed by atoms with Crippen molar-refractivity contribution in [2.24, 2.45) is 0 Å². The summed E-state index contributed by atoms with van der Waals surface area (Å²) in [6.45, 7) is 0. The van der Waals surface area contributed by atoms with E-state index in [0.29, 0.717) is 0 Å². The second-order valence-electron chi connectivity index (χ2n) is 3.25. The lowest BCUT2D eigenvalue weighted by Crippen LogP contribution is -2.14. The van der Waals surface area contributed by atoms with E-state index in [1.165, 1.54) is 0 Å². The molecule has 1 aromatic rings. The van der Waals surface area contributed by atoms with E-state index in [9.17, 15) is 14.4 Å². The summed E-state index contributed by atoms with van der Waals surface area (Å²) in [5.41, 5.74) is -0.554. The smallest absolute Gasteiger partial charge is 0.337 e. The predicted molar refractivity (Wildman–Crippen MR) is 59.2 cm³/mol. The molecule has 7 nitrogen and oxygen atoms in total. The largest absolute Gasteiger partial charge is 0.478 e. The van der Waals surface area contributed by atoms with Crippen LogP contribution in [0.5, 0.6) is 0 Å². The molecule has 0 saturated carbocycles. The Morgan fingerprint density at radius 3 is 2.39 bits per heavy atom. The Morgan fingerprint density at radius 1 is 1.22 bits per heavy atom. The van der Waals surface area contributed by atoms with Crippen LogP contribution in [0.25, 0.3) is 0 Å². The molecule has 0 bridgehead atoms. The van der Waals surface area contributed by atoms with Gasteiger partial charge in [0.15, 0.2) is 0 Å². The van der Waals surface area contributed by atoms with Gasteiger partial charge in [-0.15, -0.1) is 0 Å². The number of carboxylic acid groups (broad SMARTS) is 2. The molecule has 0 spiro atoms. The molecule has 0 aliphatic heterocycles. The van der Waals surface area contributed by atoms with E-state index in [-0.39, 0.29) is 16.8 Å². The fraction of sp³-hybridized carbons (Fsp3) is 0.0909. The molecular weight excluding hydrogens is 240 g/mol. The molecule has 1 rings (SSSR count). The third kappa shape index (κ3) is 3.05. The number of rotatable bonds is 4. The molecule has 7 heteroatoms. The van der Waals surface area contributed by atoms with E-state index in [2.05, 4.69) is 5.32 Å². The van der Waals surface area contributed by atoms with Gasteiger partial charge < -0.3 is 15.5 Å². The maximum absolute atomic E-state index is 11.2. The zero-order chi connectivity index (χ0) is 13.7. The topological polar surface area (TPSA) is 127 Å². The summed E-state index contributed by atoms with van der Waals surface area (Å²) in [6, 6.07) is 4.82. The Morgan fingerprint density at radius 2 is 1.89 bits per heavy atom. The number of hydrogen-bond donors (Lipinski definition) is 3. The predicted octanol–water partition coefficient (Wildman–Crippen LogP) is 0.935. The van der Waals surface area contributed by atoms with Crippen molar-refractivity contribution in [3.8, 4) is 6.07 Å². The number of nitriles is 1. The number of anilines is 1. The number of nitrogens with zero attached hydrogens (tertiary/aromatic N) is 1. The van der Waals surface area contributed by atoms with Crippen molar-refractivity contribution < 1.29 is 24.6 Å². The van der Waals surface area contributed by atoms with Crippen LogP contribution < -0.4 is 5.32 Å². The van der Waals surface area contributed by atoms with Crippen LogP contribution in [-0.2, 0) is 4.79 Å². The zero-order valence-corrected chi connectivity index (χ0v) is 9.01. The molecule has 0 radical (unpaired) electrons. The molecule has 0 unspecified atom stereocenters. The fourth-order valence-electron chi connectivity index (χ4n) is 1.23. The summed E-state index contributed by atoms with van der Waals surface area (Å²) in [4.78, 5) is 32.8. The molecule has 18 heavy (non-hydrogen) atoms. The lowest BCUT2D eigenvalue weighted by molar-refractivity contribution is -0.115. The van der Waals surface area contributed by atoms with Crippen LogP contribution in [0.2, 0.25) is 0 Å². The van der Waals surface area contributed by atoms with Crippen LogP contribution >= 0.6 is 0 Å². The second kappa shape index (κ2) is 5.45. The van der Waals surface area contributed by atoms with Gasteiger partial charge in [-0.05, 0) is 18.2 Å². The Labute approximate surface area is 101 Å². The highest BCUT2D eigenvalue weighted by Crippen LogP contribution is 2.18. The molecule has 3 N–H and O–H groups in total. The summed E-state index contributed by atoms with van der Waals surface area (Å²) in [7, 11) is 0. The summed E-state index contributed by atoms with van der Waals surface area (Å²) < 4.78 is 0. The Hall–Kier alpha value is -2.88. The highest BCUT2D eigenvalue weighted by atomic mass is 16.4. The molecular formula is C11H8N2O5. The lowest BCUT2D eigenvalue weighted by atomic mass is 10.1. The van der Waals surface area contributed by atoms with Gasteiger partial charge in [0.25, 0.3) is 0 Å². The molecule has 0 aliphatic rings. The monoisotopic (exact) mass is 248 g/mol. The lowest BCUT2D eigenvalue weighted by Gasteiger charge is -2.08. The van der Waals surface area contributed by atoms with E-state index >= 15 is 0 Å². The molecule has 92 valence electrons. The third-order valence-electron chi connectivity index (χ3n) is 2.01. The number of benzene rings is 1. The molecule has 0 saturated heterocycles. The van der Waals surface area contributed by atoms with Crippen LogP contribution in [0.1, 0.15) is 27.1 Å². The standard InChI is InChI=1S/C11H8N2O5/c12-4-3-9(14)13-8-5-6(10(15)16)1-2-7(8)11(17)18/h1-2,5H,3H2,(H,13,14)(H,15,16)(H,17,18). The summed E-state index contributed by atoms with van der Waals surface area (Å²) in [5, 5.41) is 28.1. The van der Waals surface area contributed by atoms with Crippen molar-refractivity contribution in [2.75, 3.05) is 5.32 Å². The second-order valence-corrected chi connectivity index (χ2v) is 3.25. The van der Waals surface area contributed by atoms with Gasteiger partial charge in [0.05, 0.1) is 22.9 Å². The maximum Gasteiger partial charge on any atom is 0.337 e. The minimum absolute atomic E-state index is 0.150. The molecule has 0 heterocycles. The number of carbonyl (C=O) groups excluding carboxylic acids is 1.